The molecular formula is C14H30N6. The van der Waals surface area contributed by atoms with E-state index in [1.165, 1.54) is 0 Å². The smallest absolute Gasteiger partial charge is 0.0229 e. The van der Waals surface area contributed by atoms with Crippen LogP contribution < -0.4 is 0 Å². The lowest BCUT2D eigenvalue weighted by Gasteiger charge is -1.57. The molecular weight excluding hydrogens is 252 g/mol. The fraction of sp³-hybridized carbons (Fsp3) is 0.714. The van der Waals surface area contributed by atoms with E-state index < -0.39 is 0 Å². The molecule has 0 unspecified atom stereocenters. The molecule has 0 rings (SSSR count). The Morgan fingerprint density at radius 2 is 1.00 bits per heavy atom. The molecule has 0 atom stereocenters. The summed E-state index contributed by atoms with van der Waals surface area (Å²) < 4.78 is 0. The van der Waals surface area contributed by atoms with Crippen LogP contribution in [0, 0.1) is 24.7 Å². The van der Waals surface area contributed by atoms with E-state index in [4.69, 9.17) is 23.9 Å². The minimum Gasteiger partial charge on any atom is -0.120 e. The van der Waals surface area contributed by atoms with E-state index in [1.54, 1.807) is 13.8 Å². The third-order valence-electron chi connectivity index (χ3n) is 0.818. The Morgan fingerprint density at radius 3 is 1.00 bits per heavy atom. The maximum atomic E-state index is 7.52. The summed E-state index contributed by atoms with van der Waals surface area (Å²) in [6.07, 6.45) is 11.2. The van der Waals surface area contributed by atoms with Gasteiger partial charge in [0, 0.05) is 35.8 Å². The predicted octanol–water partition coefficient (Wildman–Crippen LogP) is 5.96. The minimum absolute atomic E-state index is 0. The van der Waals surface area contributed by atoms with E-state index in [1.807, 2.05) is 13.8 Å². The quantitative estimate of drug-likeness (QED) is 0.258. The van der Waals surface area contributed by atoms with Crippen molar-refractivity contribution >= 4 is 0 Å². The number of hydrogen-bond donors (Lipinski definition) is 0. The molecule has 0 saturated heterocycles. The second-order valence-corrected chi connectivity index (χ2v) is 2.21. The summed E-state index contributed by atoms with van der Waals surface area (Å²) in [7, 11) is 0. The average Bonchev–Trinajstić information content (AvgIpc) is 2.42. The first-order valence-corrected chi connectivity index (χ1v) is 5.55. The van der Waals surface area contributed by atoms with Crippen LogP contribution in [0.2, 0.25) is 0 Å². The molecule has 0 saturated carbocycles. The van der Waals surface area contributed by atoms with Gasteiger partial charge in [-0.2, -0.15) is 0 Å². The van der Waals surface area contributed by atoms with Crippen molar-refractivity contribution in [3.05, 3.63) is 20.9 Å². The maximum absolute atomic E-state index is 7.52. The molecule has 0 bridgehead atoms. The molecule has 0 aliphatic heterocycles. The zero-order chi connectivity index (χ0) is 15.1. The number of terminal acetylenes is 2. The van der Waals surface area contributed by atoms with Crippen molar-refractivity contribution in [2.45, 2.75) is 55.4 Å². The number of nitrogens with zero attached hydrogens (tertiary/aromatic N) is 6. The van der Waals surface area contributed by atoms with Gasteiger partial charge in [0.15, 0.2) is 0 Å². The van der Waals surface area contributed by atoms with E-state index in [-0.39, 0.29) is 14.9 Å². The molecule has 116 valence electrons. The van der Waals surface area contributed by atoms with Gasteiger partial charge in [-0.1, -0.05) is 52.8 Å². The number of azide groups is 2. The van der Waals surface area contributed by atoms with Crippen molar-refractivity contribution in [2.75, 3.05) is 13.1 Å². The molecule has 0 aliphatic carbocycles. The summed E-state index contributed by atoms with van der Waals surface area (Å²) in [5.74, 6) is 4.86. The van der Waals surface area contributed by atoms with Crippen LogP contribution in [0.1, 0.15) is 55.4 Å². The Bertz CT molecular complexity index is 267. The van der Waals surface area contributed by atoms with Crippen LogP contribution in [0.15, 0.2) is 10.2 Å². The standard InChI is InChI=1S/2C4H6.2C2H5N3.2CH4/c2*1-3-4-2;2*1-2-4-5-3;;/h2*1H,4H2,2H3;2*2H2,1H3;2*1H4. The second-order valence-electron chi connectivity index (χ2n) is 2.21. The molecule has 0 aromatic rings. The van der Waals surface area contributed by atoms with Crippen molar-refractivity contribution in [2.24, 2.45) is 10.2 Å². The fourth-order valence-corrected chi connectivity index (χ4v) is 0.126. The Balaban J connectivity index is -0.0000000318. The van der Waals surface area contributed by atoms with Gasteiger partial charge in [-0.3, -0.25) is 0 Å². The van der Waals surface area contributed by atoms with Gasteiger partial charge in [-0.05, 0) is 11.1 Å². The highest BCUT2D eigenvalue weighted by Gasteiger charge is 1.52. The van der Waals surface area contributed by atoms with Crippen molar-refractivity contribution in [3.63, 3.8) is 0 Å². The van der Waals surface area contributed by atoms with Crippen molar-refractivity contribution in [1.29, 1.82) is 0 Å². The first-order chi connectivity index (χ1) is 8.66. The van der Waals surface area contributed by atoms with Gasteiger partial charge in [0.2, 0.25) is 0 Å². The molecule has 0 N–H and O–H groups in total. The van der Waals surface area contributed by atoms with E-state index in [0.717, 1.165) is 12.8 Å². The third kappa shape index (κ3) is 244. The average molecular weight is 282 g/mol. The van der Waals surface area contributed by atoms with Gasteiger partial charge in [0.1, 0.15) is 0 Å². The number of rotatable bonds is 2. The van der Waals surface area contributed by atoms with Crippen LogP contribution in [0.25, 0.3) is 20.9 Å². The van der Waals surface area contributed by atoms with Gasteiger partial charge >= 0.3 is 0 Å². The minimum atomic E-state index is 0. The van der Waals surface area contributed by atoms with Gasteiger partial charge in [-0.15, -0.1) is 24.7 Å². The third-order valence-corrected chi connectivity index (χ3v) is 0.818. The summed E-state index contributed by atoms with van der Waals surface area (Å²) in [4.78, 5) is 4.96. The van der Waals surface area contributed by atoms with Gasteiger partial charge in [-0.25, -0.2) is 0 Å². The lowest BCUT2D eigenvalue weighted by atomic mass is 10.5. The zero-order valence-corrected chi connectivity index (χ0v) is 11.7. The number of hydrogen-bond acceptors (Lipinski definition) is 2. The molecule has 0 heterocycles. The van der Waals surface area contributed by atoms with Gasteiger partial charge in [0.25, 0.3) is 0 Å². The summed E-state index contributed by atoms with van der Waals surface area (Å²) in [6, 6.07) is 0. The first-order valence-electron chi connectivity index (χ1n) is 5.55. The molecule has 6 heteroatoms. The van der Waals surface area contributed by atoms with Crippen LogP contribution in [-0.4, -0.2) is 13.1 Å². The van der Waals surface area contributed by atoms with Gasteiger partial charge < -0.3 is 0 Å². The van der Waals surface area contributed by atoms with Crippen molar-refractivity contribution < 1.29 is 0 Å². The van der Waals surface area contributed by atoms with E-state index in [9.17, 15) is 0 Å². The SMILES string of the molecule is C.C.C#CCC.C#CCC.CCN=[N+]=[N-].CCN=[N+]=[N-]. The molecule has 6 nitrogen and oxygen atoms in total. The normalized spacial score (nSPS) is 4.90. The molecule has 0 fully saturated rings. The molecule has 0 spiro atoms. The summed E-state index contributed by atoms with van der Waals surface area (Å²) in [5, 5.41) is 6.31. The Kier molecular flexibility index (Phi) is 125. The Morgan fingerprint density at radius 1 is 0.800 bits per heavy atom. The lowest BCUT2D eigenvalue weighted by Crippen LogP contribution is -1.52. The predicted molar refractivity (Wildman–Crippen MR) is 91.1 cm³/mol. The maximum Gasteiger partial charge on any atom is 0.0229 e. The molecule has 0 aromatic heterocycles. The van der Waals surface area contributed by atoms with E-state index >= 15 is 0 Å². The molecule has 20 heavy (non-hydrogen) atoms. The Labute approximate surface area is 125 Å². The van der Waals surface area contributed by atoms with E-state index in [2.05, 4.69) is 31.9 Å². The summed E-state index contributed by atoms with van der Waals surface area (Å²) in [6.45, 7) is 8.58. The van der Waals surface area contributed by atoms with Crippen molar-refractivity contribution in [1.82, 2.24) is 0 Å². The second kappa shape index (κ2) is 69.2. The van der Waals surface area contributed by atoms with Crippen LogP contribution in [0.5, 0.6) is 0 Å². The largest absolute Gasteiger partial charge is 0.120 e. The van der Waals surface area contributed by atoms with Crippen LogP contribution in [0.4, 0.5) is 0 Å². The highest BCUT2D eigenvalue weighted by molar-refractivity contribution is 4.80. The first kappa shape index (κ1) is 36.1. The highest BCUT2D eigenvalue weighted by atomic mass is 15.1. The molecule has 0 amide bonds. The molecule has 0 radical (unpaired) electrons. The van der Waals surface area contributed by atoms with E-state index in [0.29, 0.717) is 13.1 Å². The molecule has 0 aromatic carbocycles. The van der Waals surface area contributed by atoms with Crippen molar-refractivity contribution in [3.8, 4) is 24.7 Å². The van der Waals surface area contributed by atoms with Gasteiger partial charge in [0.05, 0.1) is 0 Å². The zero-order valence-electron chi connectivity index (χ0n) is 11.7. The fourth-order valence-electron chi connectivity index (χ4n) is 0.126. The molecule has 0 aliphatic rings. The Hall–Kier alpha value is -2.26. The highest BCUT2D eigenvalue weighted by Crippen LogP contribution is 1.61. The monoisotopic (exact) mass is 282 g/mol. The summed E-state index contributed by atoms with van der Waals surface area (Å²) in [5.41, 5.74) is 15.0. The van der Waals surface area contributed by atoms with Crippen LogP contribution in [-0.2, 0) is 0 Å². The van der Waals surface area contributed by atoms with Crippen LogP contribution >= 0.6 is 0 Å². The van der Waals surface area contributed by atoms with Crippen LogP contribution in [0.3, 0.4) is 0 Å². The summed E-state index contributed by atoms with van der Waals surface area (Å²) >= 11 is 0. The topological polar surface area (TPSA) is 97.5 Å². The lowest BCUT2D eigenvalue weighted by molar-refractivity contribution is 1.11.